The Morgan fingerprint density at radius 2 is 1.27 bits per heavy atom. The largest absolute Gasteiger partial charge is 0.389 e. The molecule has 2 aliphatic heterocycles. The number of nitrogens with zero attached hydrogens (tertiary/aromatic N) is 2. The zero-order valence-electron chi connectivity index (χ0n) is 19.1. The Bertz CT molecular complexity index is 579. The molecule has 2 heterocycles. The van der Waals surface area contributed by atoms with Crippen LogP contribution in [0.3, 0.4) is 0 Å². The van der Waals surface area contributed by atoms with Gasteiger partial charge < -0.3 is 14.9 Å². The summed E-state index contributed by atoms with van der Waals surface area (Å²) in [7, 11) is 0. The Kier molecular flexibility index (Phi) is 8.26. The highest BCUT2D eigenvalue weighted by Crippen LogP contribution is 2.43. The van der Waals surface area contributed by atoms with Gasteiger partial charge in [0, 0.05) is 24.9 Å². The van der Waals surface area contributed by atoms with Crippen LogP contribution in [0.1, 0.15) is 76.2 Å². The Morgan fingerprint density at radius 1 is 0.733 bits per heavy atom. The van der Waals surface area contributed by atoms with E-state index in [0.717, 1.165) is 32.4 Å². The lowest BCUT2D eigenvalue weighted by Crippen LogP contribution is -2.55. The van der Waals surface area contributed by atoms with E-state index in [0.29, 0.717) is 11.8 Å². The van der Waals surface area contributed by atoms with Gasteiger partial charge in [-0.2, -0.15) is 0 Å². The van der Waals surface area contributed by atoms with Gasteiger partial charge in [-0.3, -0.25) is 0 Å². The van der Waals surface area contributed by atoms with Gasteiger partial charge in [0.15, 0.2) is 0 Å². The molecule has 3 nitrogen and oxygen atoms in total. The standard InChI is InChI=1S/C27H44N2O/c30-27(17-11-14-24-12-4-1-5-13-24)25(22-28-18-6-2-7-19-28)15-10-16-26(27)23-29-20-8-3-9-21-29/h1,4-5,12-13,25-26,30H,2-3,6-11,14-23H2. The molecule has 1 N–H and O–H groups in total. The molecule has 3 fully saturated rings. The first-order chi connectivity index (χ1) is 14.7. The highest BCUT2D eigenvalue weighted by Gasteiger charge is 2.46. The Labute approximate surface area is 184 Å². The van der Waals surface area contributed by atoms with Crippen molar-refractivity contribution in [2.75, 3.05) is 39.3 Å². The van der Waals surface area contributed by atoms with Crippen LogP contribution in [-0.2, 0) is 6.42 Å². The predicted octanol–water partition coefficient (Wildman–Crippen LogP) is 5.13. The number of aryl methyl sites for hydroxylation is 1. The fraction of sp³-hybridized carbons (Fsp3) is 0.778. The number of piperidine rings is 2. The van der Waals surface area contributed by atoms with Crippen LogP contribution >= 0.6 is 0 Å². The van der Waals surface area contributed by atoms with Gasteiger partial charge in [0.1, 0.15) is 0 Å². The van der Waals surface area contributed by atoms with Crippen LogP contribution in [0.2, 0.25) is 0 Å². The summed E-state index contributed by atoms with van der Waals surface area (Å²) in [6.07, 6.45) is 15.1. The third-order valence-electron chi connectivity index (χ3n) is 8.26. The lowest BCUT2D eigenvalue weighted by Gasteiger charge is -2.49. The van der Waals surface area contributed by atoms with Crippen LogP contribution in [0.4, 0.5) is 0 Å². The van der Waals surface area contributed by atoms with Crippen LogP contribution in [0, 0.1) is 11.8 Å². The molecule has 0 radical (unpaired) electrons. The normalized spacial score (nSPS) is 31.6. The number of hydrogen-bond donors (Lipinski definition) is 1. The molecule has 3 aliphatic rings. The van der Waals surface area contributed by atoms with Crippen LogP contribution in [0.5, 0.6) is 0 Å². The molecule has 3 heteroatoms. The van der Waals surface area contributed by atoms with Crippen LogP contribution in [-0.4, -0.2) is 59.8 Å². The molecule has 0 amide bonds. The van der Waals surface area contributed by atoms with Gasteiger partial charge in [0.2, 0.25) is 0 Å². The van der Waals surface area contributed by atoms with Gasteiger partial charge in [-0.25, -0.2) is 0 Å². The second-order valence-corrected chi connectivity index (χ2v) is 10.4. The Morgan fingerprint density at radius 3 is 1.80 bits per heavy atom. The number of likely N-dealkylation sites (tertiary alicyclic amines) is 2. The highest BCUT2D eigenvalue weighted by atomic mass is 16.3. The monoisotopic (exact) mass is 412 g/mol. The first-order valence-corrected chi connectivity index (χ1v) is 12.9. The molecular weight excluding hydrogens is 368 g/mol. The fourth-order valence-corrected chi connectivity index (χ4v) is 6.48. The summed E-state index contributed by atoms with van der Waals surface area (Å²) in [5.41, 5.74) is 0.930. The Balaban J connectivity index is 1.43. The molecule has 1 aromatic rings. The average Bonchev–Trinajstić information content (AvgIpc) is 2.79. The first-order valence-electron chi connectivity index (χ1n) is 12.9. The molecule has 2 saturated heterocycles. The molecular formula is C27H44N2O. The maximum Gasteiger partial charge on any atom is 0.0728 e. The molecule has 0 bridgehead atoms. The Hall–Kier alpha value is -0.900. The van der Waals surface area contributed by atoms with Crippen molar-refractivity contribution in [1.29, 1.82) is 0 Å². The van der Waals surface area contributed by atoms with E-state index in [-0.39, 0.29) is 0 Å². The maximum absolute atomic E-state index is 12.3. The van der Waals surface area contributed by atoms with E-state index in [1.165, 1.54) is 89.5 Å². The van der Waals surface area contributed by atoms with Crippen molar-refractivity contribution in [2.45, 2.75) is 82.7 Å². The van der Waals surface area contributed by atoms with Gasteiger partial charge in [-0.1, -0.05) is 49.6 Å². The predicted molar refractivity (Wildman–Crippen MR) is 126 cm³/mol. The fourth-order valence-electron chi connectivity index (χ4n) is 6.48. The van der Waals surface area contributed by atoms with E-state index in [1.54, 1.807) is 0 Å². The molecule has 2 unspecified atom stereocenters. The summed E-state index contributed by atoms with van der Waals surface area (Å²) >= 11 is 0. The van der Waals surface area contributed by atoms with Gasteiger partial charge in [0.25, 0.3) is 0 Å². The van der Waals surface area contributed by atoms with Crippen LogP contribution in [0.25, 0.3) is 0 Å². The molecule has 0 spiro atoms. The van der Waals surface area contributed by atoms with Crippen LogP contribution < -0.4 is 0 Å². The van der Waals surface area contributed by atoms with E-state index in [9.17, 15) is 5.11 Å². The zero-order chi connectivity index (χ0) is 20.7. The second kappa shape index (κ2) is 11.1. The van der Waals surface area contributed by atoms with Crippen molar-refractivity contribution < 1.29 is 5.11 Å². The van der Waals surface area contributed by atoms with Gasteiger partial charge in [-0.15, -0.1) is 0 Å². The van der Waals surface area contributed by atoms with Gasteiger partial charge >= 0.3 is 0 Å². The minimum atomic E-state index is -0.484. The van der Waals surface area contributed by atoms with E-state index in [1.807, 2.05) is 0 Å². The summed E-state index contributed by atoms with van der Waals surface area (Å²) < 4.78 is 0. The number of hydrogen-bond acceptors (Lipinski definition) is 3. The lowest BCUT2D eigenvalue weighted by molar-refractivity contribution is -0.118. The smallest absolute Gasteiger partial charge is 0.0728 e. The summed E-state index contributed by atoms with van der Waals surface area (Å²) in [5, 5.41) is 12.3. The minimum Gasteiger partial charge on any atom is -0.389 e. The van der Waals surface area contributed by atoms with Crippen molar-refractivity contribution >= 4 is 0 Å². The topological polar surface area (TPSA) is 26.7 Å². The minimum absolute atomic E-state index is 0.454. The molecule has 1 saturated carbocycles. The van der Waals surface area contributed by atoms with E-state index < -0.39 is 5.60 Å². The van der Waals surface area contributed by atoms with Crippen molar-refractivity contribution in [3.63, 3.8) is 0 Å². The number of benzene rings is 1. The van der Waals surface area contributed by atoms with E-state index in [4.69, 9.17) is 0 Å². The number of rotatable bonds is 8. The molecule has 168 valence electrons. The summed E-state index contributed by atoms with van der Waals surface area (Å²) in [6, 6.07) is 10.9. The average molecular weight is 413 g/mol. The molecule has 4 rings (SSSR count). The van der Waals surface area contributed by atoms with Crippen molar-refractivity contribution in [3.05, 3.63) is 35.9 Å². The van der Waals surface area contributed by atoms with E-state index in [2.05, 4.69) is 40.1 Å². The molecule has 0 aromatic heterocycles. The summed E-state index contributed by atoms with van der Waals surface area (Å²) in [5.74, 6) is 0.907. The quantitative estimate of drug-likeness (QED) is 0.641. The highest BCUT2D eigenvalue weighted by molar-refractivity contribution is 5.14. The molecule has 1 aliphatic carbocycles. The van der Waals surface area contributed by atoms with E-state index >= 15 is 0 Å². The molecule has 1 aromatic carbocycles. The van der Waals surface area contributed by atoms with Crippen molar-refractivity contribution in [2.24, 2.45) is 11.8 Å². The van der Waals surface area contributed by atoms with Gasteiger partial charge in [-0.05, 0) is 89.5 Å². The van der Waals surface area contributed by atoms with Gasteiger partial charge in [0.05, 0.1) is 5.60 Å². The third-order valence-corrected chi connectivity index (χ3v) is 8.26. The third kappa shape index (κ3) is 5.87. The second-order valence-electron chi connectivity index (χ2n) is 10.4. The molecule has 30 heavy (non-hydrogen) atoms. The zero-order valence-corrected chi connectivity index (χ0v) is 19.1. The SMILES string of the molecule is OC1(CCCc2ccccc2)C(CN2CCCCC2)CCCC1CN1CCCCC1. The summed E-state index contributed by atoms with van der Waals surface area (Å²) in [4.78, 5) is 5.33. The van der Waals surface area contributed by atoms with Crippen molar-refractivity contribution in [3.8, 4) is 0 Å². The van der Waals surface area contributed by atoms with Crippen LogP contribution in [0.15, 0.2) is 30.3 Å². The lowest BCUT2D eigenvalue weighted by atomic mass is 9.65. The first kappa shape index (κ1) is 22.3. The van der Waals surface area contributed by atoms with Crippen molar-refractivity contribution in [1.82, 2.24) is 9.80 Å². The molecule has 2 atom stereocenters. The maximum atomic E-state index is 12.3. The number of aliphatic hydroxyl groups is 1. The summed E-state index contributed by atoms with van der Waals surface area (Å²) in [6.45, 7) is 7.22.